The second-order valence-electron chi connectivity index (χ2n) is 0.274. The van der Waals surface area contributed by atoms with Gasteiger partial charge in [0.25, 0.3) is 0 Å². The molecule has 0 N–H and O–H groups in total. The Morgan fingerprint density at radius 1 is 0.727 bits per heavy atom. The Balaban J connectivity index is -0.0000000150. The van der Waals surface area contributed by atoms with Crippen LogP contribution in [-0.4, -0.2) is 15.5 Å². The molecule has 11 heavy (non-hydrogen) atoms. The Morgan fingerprint density at radius 2 is 0.727 bits per heavy atom. The quantitative estimate of drug-likeness (QED) is 0.323. The number of isothiocyanates is 3. The second kappa shape index (κ2) is 62.0. The molecule has 0 spiro atoms. The van der Waals surface area contributed by atoms with Crippen LogP contribution in [0.15, 0.2) is 0 Å². The average molecular weight is 277 g/mol. The predicted octanol–water partition coefficient (Wildman–Crippen LogP) is -1.02. The number of rotatable bonds is 0. The van der Waals surface area contributed by atoms with Crippen molar-refractivity contribution in [3.63, 3.8) is 0 Å². The van der Waals surface area contributed by atoms with Crippen molar-refractivity contribution in [2.45, 2.75) is 0 Å². The van der Waals surface area contributed by atoms with Crippen molar-refractivity contribution in [1.29, 1.82) is 0 Å². The Bertz CT molecular complexity index is 115. The van der Waals surface area contributed by atoms with E-state index in [-0.39, 0.29) is 68.5 Å². The zero-order valence-electron chi connectivity index (χ0n) is 5.37. The van der Waals surface area contributed by atoms with E-state index in [0.29, 0.717) is 0 Å². The molecule has 0 saturated heterocycles. The van der Waals surface area contributed by atoms with Crippen LogP contribution in [-0.2, 0) is 17.1 Å². The maximum Gasteiger partial charge on any atom is 2.00 e. The largest absolute Gasteiger partial charge is 2.00 e. The maximum atomic E-state index is 7.13. The van der Waals surface area contributed by atoms with Gasteiger partial charge in [-0.2, -0.15) is 15.5 Å². The van der Waals surface area contributed by atoms with E-state index in [2.05, 4.69) is 36.7 Å². The van der Waals surface area contributed by atoms with Crippen LogP contribution in [0.5, 0.6) is 0 Å². The van der Waals surface area contributed by atoms with Gasteiger partial charge in [0.05, 0.1) is 0 Å². The summed E-state index contributed by atoms with van der Waals surface area (Å²) in [4.78, 5) is 0. The van der Waals surface area contributed by atoms with Gasteiger partial charge >= 0.3 is 68.5 Å². The summed E-state index contributed by atoms with van der Waals surface area (Å²) in [6, 6.07) is 0. The van der Waals surface area contributed by atoms with E-state index in [0.717, 1.165) is 0 Å². The molecule has 0 aromatic rings. The molecule has 0 bridgehead atoms. The van der Waals surface area contributed by atoms with Crippen LogP contribution in [0.2, 0.25) is 0 Å². The Hall–Kier alpha value is 1.56. The van der Waals surface area contributed by atoms with Crippen LogP contribution in [0.4, 0.5) is 0 Å². The van der Waals surface area contributed by atoms with Crippen molar-refractivity contribution in [3.05, 3.63) is 16.2 Å². The van der Waals surface area contributed by atoms with Crippen LogP contribution in [0, 0.1) is 0 Å². The molecule has 0 aliphatic carbocycles. The molecule has 0 aliphatic rings. The van der Waals surface area contributed by atoms with Gasteiger partial charge in [-0.05, 0) is 0 Å². The minimum atomic E-state index is 0. The fourth-order valence-electron chi connectivity index (χ4n) is 0. The molecule has 1 radical (unpaired) electrons. The molecule has 3 nitrogen and oxygen atoms in total. The van der Waals surface area contributed by atoms with Gasteiger partial charge < -0.3 is 16.2 Å². The third-order valence-corrected chi connectivity index (χ3v) is 0. The van der Waals surface area contributed by atoms with Crippen LogP contribution in [0.3, 0.4) is 0 Å². The maximum absolute atomic E-state index is 7.13. The van der Waals surface area contributed by atoms with Gasteiger partial charge in [0.15, 0.2) is 0 Å². The first-order chi connectivity index (χ1) is 4.24. The molecular formula is C3CuKN3S3. The number of hydrogen-bond donors (Lipinski definition) is 0. The summed E-state index contributed by atoms with van der Waals surface area (Å²) >= 11 is 11.1. The first kappa shape index (κ1) is 29.4. The summed E-state index contributed by atoms with van der Waals surface area (Å²) < 4.78 is 0. The zero-order valence-corrected chi connectivity index (χ0v) is 11.9. The summed E-state index contributed by atoms with van der Waals surface area (Å²) in [7, 11) is 0. The van der Waals surface area contributed by atoms with Crippen molar-refractivity contribution in [3.8, 4) is 0 Å². The molecule has 0 amide bonds. The first-order valence-electron chi connectivity index (χ1n) is 1.28. The van der Waals surface area contributed by atoms with Crippen LogP contribution < -0.4 is 51.4 Å². The van der Waals surface area contributed by atoms with Crippen LogP contribution in [0.1, 0.15) is 0 Å². The third-order valence-electron chi connectivity index (χ3n) is 0. The van der Waals surface area contributed by atoms with Crippen molar-refractivity contribution >= 4 is 52.1 Å². The average Bonchev–Trinajstić information content (AvgIpc) is 1.70. The minimum absolute atomic E-state index is 0. The number of hydrogen-bond acceptors (Lipinski definition) is 3. The molecule has 0 aromatic carbocycles. The molecule has 0 unspecified atom stereocenters. The monoisotopic (exact) mass is 276 g/mol. The molecular weight excluding hydrogens is 277 g/mol. The summed E-state index contributed by atoms with van der Waals surface area (Å²) in [6.07, 6.45) is 0. The fourth-order valence-corrected chi connectivity index (χ4v) is 0. The fraction of sp³-hybridized carbons (Fsp3) is 0. The van der Waals surface area contributed by atoms with E-state index >= 15 is 0 Å². The van der Waals surface area contributed by atoms with Gasteiger partial charge in [0.1, 0.15) is 0 Å². The van der Waals surface area contributed by atoms with Crippen molar-refractivity contribution < 1.29 is 68.5 Å². The van der Waals surface area contributed by atoms with Gasteiger partial charge in [0, 0.05) is 0 Å². The molecule has 57 valence electrons. The van der Waals surface area contributed by atoms with E-state index in [1.54, 1.807) is 0 Å². The van der Waals surface area contributed by atoms with Crippen molar-refractivity contribution in [1.82, 2.24) is 0 Å². The van der Waals surface area contributed by atoms with Crippen molar-refractivity contribution in [2.75, 3.05) is 0 Å². The number of nitrogens with zero attached hydrogens (tertiary/aromatic N) is 3. The van der Waals surface area contributed by atoms with Crippen LogP contribution >= 0.6 is 36.7 Å². The molecule has 8 heteroatoms. The second-order valence-corrected chi connectivity index (χ2v) is 0.822. The molecule has 0 saturated carbocycles. The molecule has 0 aliphatic heterocycles. The smallest absolute Gasteiger partial charge is 0.753 e. The Kier molecular flexibility index (Phi) is 166. The Labute approximate surface area is 134 Å². The molecule has 0 heterocycles. The van der Waals surface area contributed by atoms with E-state index in [1.807, 2.05) is 0 Å². The predicted molar refractivity (Wildman–Crippen MR) is 47.9 cm³/mol. The normalized spacial score (nSPS) is 2.18. The third kappa shape index (κ3) is 436. The summed E-state index contributed by atoms with van der Waals surface area (Å²) in [5, 5.41) is 25.4. The molecule has 0 atom stereocenters. The number of thiocarbonyl (C=S) groups is 3. The van der Waals surface area contributed by atoms with Crippen LogP contribution in [0.25, 0.3) is 16.2 Å². The topological polar surface area (TPSA) is 66.9 Å². The first-order valence-corrected chi connectivity index (χ1v) is 2.51. The van der Waals surface area contributed by atoms with E-state index < -0.39 is 0 Å². The van der Waals surface area contributed by atoms with E-state index in [9.17, 15) is 0 Å². The van der Waals surface area contributed by atoms with Gasteiger partial charge in [0.2, 0.25) is 0 Å². The zero-order chi connectivity index (χ0) is 8.12. The Morgan fingerprint density at radius 3 is 0.727 bits per heavy atom. The summed E-state index contributed by atoms with van der Waals surface area (Å²) in [5.74, 6) is 0. The SMILES string of the molecule is [Cu+2].[K+].[N-]=C=S.[N-]=C=S.[N-]=C=S. The van der Waals surface area contributed by atoms with Gasteiger partial charge in [-0.1, -0.05) is 36.7 Å². The molecule has 0 aromatic heterocycles. The van der Waals surface area contributed by atoms with Gasteiger partial charge in [-0.15, -0.1) is 0 Å². The summed E-state index contributed by atoms with van der Waals surface area (Å²) in [5.41, 5.74) is 0. The molecule has 0 fully saturated rings. The van der Waals surface area contributed by atoms with Gasteiger partial charge in [-0.3, -0.25) is 0 Å². The van der Waals surface area contributed by atoms with Gasteiger partial charge in [-0.25, -0.2) is 0 Å². The standard InChI is InChI=1S/3CNS.Cu.K/c3*2-1-3;;/q3*-1;+2;+1. The minimum Gasteiger partial charge on any atom is -0.753 e. The van der Waals surface area contributed by atoms with Crippen molar-refractivity contribution in [2.24, 2.45) is 0 Å². The van der Waals surface area contributed by atoms with E-state index in [4.69, 9.17) is 16.2 Å². The molecule has 0 rings (SSSR count). The summed E-state index contributed by atoms with van der Waals surface area (Å²) in [6.45, 7) is 0. The van der Waals surface area contributed by atoms with E-state index in [1.165, 1.54) is 15.5 Å².